The largest absolute Gasteiger partial charge is 0.350 e. The van der Waals surface area contributed by atoms with Crippen molar-refractivity contribution in [2.75, 3.05) is 0 Å². The first kappa shape index (κ1) is 12.5. The number of hydrogen-bond acceptors (Lipinski definition) is 2. The Morgan fingerprint density at radius 2 is 2.17 bits per heavy atom. The lowest BCUT2D eigenvalue weighted by Gasteiger charge is -2.10. The van der Waals surface area contributed by atoms with Gasteiger partial charge in [0.1, 0.15) is 6.04 Å². The van der Waals surface area contributed by atoms with Gasteiger partial charge in [0.2, 0.25) is 11.8 Å². The molecule has 1 saturated heterocycles. The molecule has 0 aromatic heterocycles. The van der Waals surface area contributed by atoms with Crippen LogP contribution >= 0.6 is 0 Å². The Bertz CT molecular complexity index is 491. The van der Waals surface area contributed by atoms with E-state index in [1.807, 2.05) is 0 Å². The summed E-state index contributed by atoms with van der Waals surface area (Å²) in [5.74, 6) is -2.34. The van der Waals surface area contributed by atoms with Crippen molar-refractivity contribution in [1.29, 1.82) is 0 Å². The van der Waals surface area contributed by atoms with Gasteiger partial charge in [0.15, 0.2) is 11.6 Å². The quantitative estimate of drug-likeness (QED) is 0.840. The second-order valence-corrected chi connectivity index (χ2v) is 4.13. The van der Waals surface area contributed by atoms with E-state index in [2.05, 4.69) is 10.6 Å². The molecule has 2 rings (SSSR count). The minimum atomic E-state index is -0.948. The fourth-order valence-corrected chi connectivity index (χ4v) is 1.77. The maximum absolute atomic E-state index is 12.9. The fraction of sp³-hybridized carbons (Fsp3) is 0.333. The molecule has 4 nitrogen and oxygen atoms in total. The van der Waals surface area contributed by atoms with Crippen LogP contribution in [-0.2, 0) is 16.1 Å². The molecule has 6 heteroatoms. The molecule has 1 heterocycles. The molecule has 0 radical (unpaired) electrons. The van der Waals surface area contributed by atoms with E-state index in [-0.39, 0.29) is 18.4 Å². The van der Waals surface area contributed by atoms with Crippen LogP contribution in [0.4, 0.5) is 8.78 Å². The zero-order chi connectivity index (χ0) is 13.1. The Morgan fingerprint density at radius 3 is 2.78 bits per heavy atom. The first-order valence-electron chi connectivity index (χ1n) is 5.57. The third-order valence-electron chi connectivity index (χ3n) is 2.76. The van der Waals surface area contributed by atoms with E-state index in [1.54, 1.807) is 0 Å². The summed E-state index contributed by atoms with van der Waals surface area (Å²) in [6.07, 6.45) is 0.797. The second-order valence-electron chi connectivity index (χ2n) is 4.13. The number of rotatable bonds is 3. The number of carbonyl (C=O) groups excluding carboxylic acids is 2. The van der Waals surface area contributed by atoms with Crippen LogP contribution in [0.1, 0.15) is 18.4 Å². The summed E-state index contributed by atoms with van der Waals surface area (Å²) in [5, 5.41) is 5.09. The molecule has 1 unspecified atom stereocenters. The van der Waals surface area contributed by atoms with Gasteiger partial charge in [-0.05, 0) is 24.1 Å². The molecule has 0 aliphatic carbocycles. The molecule has 1 aliphatic heterocycles. The molecular formula is C12H12F2N2O2. The highest BCUT2D eigenvalue weighted by Gasteiger charge is 2.26. The molecular weight excluding hydrogens is 242 g/mol. The Morgan fingerprint density at radius 1 is 1.39 bits per heavy atom. The van der Waals surface area contributed by atoms with Crippen molar-refractivity contribution in [3.8, 4) is 0 Å². The van der Waals surface area contributed by atoms with Crippen molar-refractivity contribution in [3.63, 3.8) is 0 Å². The Balaban J connectivity index is 1.89. The van der Waals surface area contributed by atoms with Gasteiger partial charge in [0.05, 0.1) is 0 Å². The Kier molecular flexibility index (Phi) is 3.55. The van der Waals surface area contributed by atoms with Gasteiger partial charge in [-0.25, -0.2) is 8.78 Å². The number of amides is 2. The van der Waals surface area contributed by atoms with Crippen molar-refractivity contribution >= 4 is 11.8 Å². The van der Waals surface area contributed by atoms with E-state index < -0.39 is 17.7 Å². The summed E-state index contributed by atoms with van der Waals surface area (Å²) in [4.78, 5) is 22.6. The minimum Gasteiger partial charge on any atom is -0.350 e. The maximum atomic E-state index is 12.9. The van der Waals surface area contributed by atoms with Crippen molar-refractivity contribution < 1.29 is 18.4 Å². The summed E-state index contributed by atoms with van der Waals surface area (Å²) in [6.45, 7) is 0.0996. The summed E-state index contributed by atoms with van der Waals surface area (Å²) >= 11 is 0. The maximum Gasteiger partial charge on any atom is 0.242 e. The molecule has 18 heavy (non-hydrogen) atoms. The molecule has 1 aromatic rings. The molecule has 2 N–H and O–H groups in total. The first-order chi connectivity index (χ1) is 8.56. The standard InChI is InChI=1S/C12H12F2N2O2/c13-8-2-1-7(5-9(8)14)6-15-12(18)10-3-4-11(17)16-10/h1-2,5,10H,3-4,6H2,(H,15,18)(H,16,17). The second kappa shape index (κ2) is 5.12. The van der Waals surface area contributed by atoms with Crippen LogP contribution in [0.25, 0.3) is 0 Å². The van der Waals surface area contributed by atoms with Crippen LogP contribution in [0.5, 0.6) is 0 Å². The molecule has 0 bridgehead atoms. The van der Waals surface area contributed by atoms with Crippen molar-refractivity contribution in [2.45, 2.75) is 25.4 Å². The topological polar surface area (TPSA) is 58.2 Å². The van der Waals surface area contributed by atoms with Gasteiger partial charge < -0.3 is 10.6 Å². The zero-order valence-corrected chi connectivity index (χ0v) is 9.50. The fourth-order valence-electron chi connectivity index (χ4n) is 1.77. The predicted octanol–water partition coefficient (Wildman–Crippen LogP) is 0.860. The molecule has 96 valence electrons. The molecule has 0 saturated carbocycles. The average Bonchev–Trinajstić information content (AvgIpc) is 2.77. The lowest BCUT2D eigenvalue weighted by Crippen LogP contribution is -2.41. The van der Waals surface area contributed by atoms with Gasteiger partial charge in [-0.1, -0.05) is 6.07 Å². The summed E-state index contributed by atoms with van der Waals surface area (Å²) in [6, 6.07) is 2.91. The highest BCUT2D eigenvalue weighted by atomic mass is 19.2. The first-order valence-corrected chi connectivity index (χ1v) is 5.57. The highest BCUT2D eigenvalue weighted by molar-refractivity contribution is 5.90. The third kappa shape index (κ3) is 2.82. The predicted molar refractivity (Wildman–Crippen MR) is 59.4 cm³/mol. The highest BCUT2D eigenvalue weighted by Crippen LogP contribution is 2.09. The van der Waals surface area contributed by atoms with Crippen molar-refractivity contribution in [3.05, 3.63) is 35.4 Å². The van der Waals surface area contributed by atoms with E-state index in [0.29, 0.717) is 18.4 Å². The van der Waals surface area contributed by atoms with E-state index >= 15 is 0 Å². The van der Waals surface area contributed by atoms with Gasteiger partial charge >= 0.3 is 0 Å². The zero-order valence-electron chi connectivity index (χ0n) is 9.50. The van der Waals surface area contributed by atoms with Crippen LogP contribution in [0.15, 0.2) is 18.2 Å². The molecule has 1 aromatic carbocycles. The van der Waals surface area contributed by atoms with Crippen LogP contribution in [0.3, 0.4) is 0 Å². The van der Waals surface area contributed by atoms with E-state index in [0.717, 1.165) is 12.1 Å². The molecule has 1 fully saturated rings. The SMILES string of the molecule is O=C1CCC(C(=O)NCc2ccc(F)c(F)c2)N1. The number of hydrogen-bond donors (Lipinski definition) is 2. The van der Waals surface area contributed by atoms with Gasteiger partial charge in [0, 0.05) is 13.0 Å². The van der Waals surface area contributed by atoms with Gasteiger partial charge in [-0.15, -0.1) is 0 Å². The van der Waals surface area contributed by atoms with Crippen LogP contribution in [0, 0.1) is 11.6 Å². The molecule has 1 aliphatic rings. The molecule has 1 atom stereocenters. The van der Waals surface area contributed by atoms with E-state index in [1.165, 1.54) is 6.07 Å². The van der Waals surface area contributed by atoms with Gasteiger partial charge in [-0.2, -0.15) is 0 Å². The monoisotopic (exact) mass is 254 g/mol. The van der Waals surface area contributed by atoms with Crippen LogP contribution in [0.2, 0.25) is 0 Å². The number of benzene rings is 1. The smallest absolute Gasteiger partial charge is 0.242 e. The number of nitrogens with one attached hydrogen (secondary N) is 2. The van der Waals surface area contributed by atoms with Crippen molar-refractivity contribution in [1.82, 2.24) is 10.6 Å². The minimum absolute atomic E-state index is 0.0996. The van der Waals surface area contributed by atoms with Crippen LogP contribution < -0.4 is 10.6 Å². The summed E-state index contributed by atoms with van der Waals surface area (Å²) in [7, 11) is 0. The molecule has 2 amide bonds. The lowest BCUT2D eigenvalue weighted by molar-refractivity contribution is -0.125. The lowest BCUT2D eigenvalue weighted by atomic mass is 10.2. The third-order valence-corrected chi connectivity index (χ3v) is 2.76. The normalized spacial score (nSPS) is 18.6. The van der Waals surface area contributed by atoms with E-state index in [9.17, 15) is 18.4 Å². The Labute approximate surface area is 102 Å². The van der Waals surface area contributed by atoms with E-state index in [4.69, 9.17) is 0 Å². The summed E-state index contributed by atoms with van der Waals surface area (Å²) < 4.78 is 25.6. The van der Waals surface area contributed by atoms with Gasteiger partial charge in [-0.3, -0.25) is 9.59 Å². The van der Waals surface area contributed by atoms with Gasteiger partial charge in [0.25, 0.3) is 0 Å². The Hall–Kier alpha value is -1.98. The molecule has 0 spiro atoms. The summed E-state index contributed by atoms with van der Waals surface area (Å²) in [5.41, 5.74) is 0.464. The van der Waals surface area contributed by atoms with Crippen LogP contribution in [-0.4, -0.2) is 17.9 Å². The average molecular weight is 254 g/mol. The number of carbonyl (C=O) groups is 2. The van der Waals surface area contributed by atoms with Crippen molar-refractivity contribution in [2.24, 2.45) is 0 Å². The number of halogens is 2.